The van der Waals surface area contributed by atoms with Crippen LogP contribution in [0.2, 0.25) is 18.1 Å². The predicted octanol–water partition coefficient (Wildman–Crippen LogP) is 4.08. The third kappa shape index (κ3) is 4.28. The lowest BCUT2D eigenvalue weighted by atomic mass is 10.0. The average molecular weight is 304 g/mol. The summed E-state index contributed by atoms with van der Waals surface area (Å²) in [5.41, 5.74) is -1.37. The van der Waals surface area contributed by atoms with Gasteiger partial charge in [0, 0.05) is 0 Å². The Balaban J connectivity index is 2.55. The van der Waals surface area contributed by atoms with E-state index in [9.17, 15) is 9.18 Å². The summed E-state index contributed by atoms with van der Waals surface area (Å²) in [4.78, 5) is 11.7. The third-order valence-electron chi connectivity index (χ3n) is 4.67. The van der Waals surface area contributed by atoms with Crippen molar-refractivity contribution in [1.29, 1.82) is 0 Å². The smallest absolute Gasteiger partial charge is 0.309 e. The fraction of sp³-hybridized carbons (Fsp3) is 0.933. The van der Waals surface area contributed by atoms with Crippen LogP contribution in [0.3, 0.4) is 0 Å². The molecule has 118 valence electrons. The maximum absolute atomic E-state index is 14.8. The molecule has 1 fully saturated rings. The molecule has 1 aliphatic rings. The zero-order valence-corrected chi connectivity index (χ0v) is 14.7. The van der Waals surface area contributed by atoms with E-state index < -0.39 is 14.0 Å². The second-order valence-electron chi connectivity index (χ2n) is 7.39. The number of carbonyl (C=O) groups is 1. The Bertz CT molecular complexity index is 352. The van der Waals surface area contributed by atoms with Crippen molar-refractivity contribution in [3.05, 3.63) is 0 Å². The average Bonchev–Trinajstić information content (AvgIpc) is 2.69. The van der Waals surface area contributed by atoms with Gasteiger partial charge >= 0.3 is 5.97 Å². The molecular weight excluding hydrogens is 275 g/mol. The third-order valence-corrected chi connectivity index (χ3v) is 9.15. The van der Waals surface area contributed by atoms with Gasteiger partial charge < -0.3 is 9.16 Å². The number of halogens is 1. The predicted molar refractivity (Wildman–Crippen MR) is 81.0 cm³/mol. The van der Waals surface area contributed by atoms with Crippen LogP contribution < -0.4 is 0 Å². The summed E-state index contributed by atoms with van der Waals surface area (Å²) in [6, 6.07) is 0. The number of esters is 1. The topological polar surface area (TPSA) is 35.5 Å². The van der Waals surface area contributed by atoms with Gasteiger partial charge in [0.25, 0.3) is 0 Å². The molecule has 0 aliphatic heterocycles. The molecule has 0 N–H and O–H groups in total. The van der Waals surface area contributed by atoms with Crippen molar-refractivity contribution in [1.82, 2.24) is 0 Å². The summed E-state index contributed by atoms with van der Waals surface area (Å²) in [5, 5.41) is 0.0719. The SMILES string of the molecule is CCOC(=O)C1CC[C@](F)(CO[Si](C)(C)C(C)(C)C)C1. The molecule has 1 saturated carbocycles. The van der Waals surface area contributed by atoms with E-state index in [0.29, 0.717) is 19.4 Å². The van der Waals surface area contributed by atoms with Crippen LogP contribution in [0.5, 0.6) is 0 Å². The summed E-state index contributed by atoms with van der Waals surface area (Å²) in [5.74, 6) is -0.567. The van der Waals surface area contributed by atoms with Gasteiger partial charge in [0.05, 0.1) is 19.1 Å². The second kappa shape index (κ2) is 6.14. The van der Waals surface area contributed by atoms with Gasteiger partial charge in [0.1, 0.15) is 5.67 Å². The minimum Gasteiger partial charge on any atom is -0.466 e. The van der Waals surface area contributed by atoms with Gasteiger partial charge in [-0.2, -0.15) is 0 Å². The molecule has 0 spiro atoms. The van der Waals surface area contributed by atoms with Crippen molar-refractivity contribution >= 4 is 14.3 Å². The van der Waals surface area contributed by atoms with Crippen LogP contribution in [0, 0.1) is 5.92 Å². The number of rotatable bonds is 5. The van der Waals surface area contributed by atoms with Crippen LogP contribution >= 0.6 is 0 Å². The summed E-state index contributed by atoms with van der Waals surface area (Å²) in [6.07, 6.45) is 1.20. The van der Waals surface area contributed by atoms with Crippen molar-refractivity contribution in [3.63, 3.8) is 0 Å². The molecule has 0 bridgehead atoms. The summed E-state index contributed by atoms with van der Waals surface area (Å²) in [6.45, 7) is 12.9. The van der Waals surface area contributed by atoms with Gasteiger partial charge in [0.15, 0.2) is 8.32 Å². The van der Waals surface area contributed by atoms with Crippen molar-refractivity contribution in [2.75, 3.05) is 13.2 Å². The minimum absolute atomic E-state index is 0.0719. The highest BCUT2D eigenvalue weighted by Gasteiger charge is 2.46. The number of alkyl halides is 1. The van der Waals surface area contributed by atoms with E-state index in [0.717, 1.165) is 0 Å². The molecule has 1 aliphatic carbocycles. The first-order valence-electron chi connectivity index (χ1n) is 7.50. The summed E-state index contributed by atoms with van der Waals surface area (Å²) < 4.78 is 25.7. The maximum Gasteiger partial charge on any atom is 0.309 e. The van der Waals surface area contributed by atoms with Gasteiger partial charge in [0.2, 0.25) is 0 Å². The molecule has 1 rings (SSSR count). The van der Waals surface area contributed by atoms with Crippen molar-refractivity contribution < 1.29 is 18.3 Å². The minimum atomic E-state index is -1.94. The molecule has 0 amide bonds. The fourth-order valence-corrected chi connectivity index (χ4v) is 3.25. The standard InChI is InChI=1S/C15H29FO3Si/c1-7-18-13(17)12-8-9-15(16,10-12)11-19-20(5,6)14(2,3)4/h12H,7-11H2,1-6H3/t12?,15-/m1/s1. The largest absolute Gasteiger partial charge is 0.466 e. The lowest BCUT2D eigenvalue weighted by Gasteiger charge is -2.38. The Morgan fingerprint density at radius 1 is 1.40 bits per heavy atom. The number of hydrogen-bond acceptors (Lipinski definition) is 3. The van der Waals surface area contributed by atoms with Crippen molar-refractivity contribution in [2.24, 2.45) is 5.92 Å². The monoisotopic (exact) mass is 304 g/mol. The van der Waals surface area contributed by atoms with Crippen LogP contribution in [0.15, 0.2) is 0 Å². The zero-order chi connectivity index (χ0) is 15.6. The highest BCUT2D eigenvalue weighted by Crippen LogP contribution is 2.42. The van der Waals surface area contributed by atoms with E-state index in [-0.39, 0.29) is 30.0 Å². The molecule has 0 aromatic rings. The molecule has 3 nitrogen and oxygen atoms in total. The molecule has 2 atom stereocenters. The summed E-state index contributed by atoms with van der Waals surface area (Å²) >= 11 is 0. The van der Waals surface area contributed by atoms with Gasteiger partial charge in [-0.25, -0.2) is 4.39 Å². The van der Waals surface area contributed by atoms with Crippen molar-refractivity contribution in [2.45, 2.75) is 70.8 Å². The molecular formula is C15H29FO3Si. The Morgan fingerprint density at radius 3 is 2.50 bits per heavy atom. The second-order valence-corrected chi connectivity index (χ2v) is 12.2. The van der Waals surface area contributed by atoms with Crippen LogP contribution in [0.25, 0.3) is 0 Å². The van der Waals surface area contributed by atoms with E-state index in [4.69, 9.17) is 9.16 Å². The molecule has 5 heteroatoms. The molecule has 0 aromatic heterocycles. The lowest BCUT2D eigenvalue weighted by molar-refractivity contribution is -0.148. The molecule has 0 saturated heterocycles. The maximum atomic E-state index is 14.8. The van der Waals surface area contributed by atoms with Gasteiger partial charge in [-0.05, 0) is 44.3 Å². The van der Waals surface area contributed by atoms with Crippen LogP contribution in [-0.2, 0) is 14.0 Å². The molecule has 0 radical (unpaired) electrons. The Morgan fingerprint density at radius 2 is 2.00 bits per heavy atom. The van der Waals surface area contributed by atoms with Crippen LogP contribution in [0.4, 0.5) is 4.39 Å². The van der Waals surface area contributed by atoms with Gasteiger partial charge in [-0.3, -0.25) is 4.79 Å². The van der Waals surface area contributed by atoms with Gasteiger partial charge in [-0.1, -0.05) is 20.8 Å². The lowest BCUT2D eigenvalue weighted by Crippen LogP contribution is -2.44. The van der Waals surface area contributed by atoms with Crippen molar-refractivity contribution in [3.8, 4) is 0 Å². The first-order valence-corrected chi connectivity index (χ1v) is 10.4. The van der Waals surface area contributed by atoms with E-state index >= 15 is 0 Å². The quantitative estimate of drug-likeness (QED) is 0.567. The number of hydrogen-bond donors (Lipinski definition) is 0. The Labute approximate surface area is 123 Å². The van der Waals surface area contributed by atoms with Crippen LogP contribution in [0.1, 0.15) is 47.0 Å². The van der Waals surface area contributed by atoms with E-state index in [1.165, 1.54) is 0 Å². The normalized spacial score (nSPS) is 27.6. The highest BCUT2D eigenvalue weighted by atomic mass is 28.4. The zero-order valence-electron chi connectivity index (χ0n) is 13.7. The number of ether oxygens (including phenoxy) is 1. The van der Waals surface area contributed by atoms with Crippen LogP contribution in [-0.4, -0.2) is 33.2 Å². The first kappa shape index (κ1) is 17.6. The highest BCUT2D eigenvalue weighted by molar-refractivity contribution is 6.74. The van der Waals surface area contributed by atoms with E-state index in [2.05, 4.69) is 33.9 Å². The van der Waals surface area contributed by atoms with E-state index in [1.54, 1.807) is 6.92 Å². The Hall–Kier alpha value is -0.423. The first-order chi connectivity index (χ1) is 9.01. The Kier molecular flexibility index (Phi) is 5.41. The molecule has 0 aromatic carbocycles. The van der Waals surface area contributed by atoms with Gasteiger partial charge in [-0.15, -0.1) is 0 Å². The van der Waals surface area contributed by atoms with E-state index in [1.807, 2.05) is 0 Å². The molecule has 0 heterocycles. The molecule has 1 unspecified atom stereocenters. The fourth-order valence-electron chi connectivity index (χ4n) is 2.20. The number of carbonyl (C=O) groups excluding carboxylic acids is 1. The molecule has 20 heavy (non-hydrogen) atoms. The summed E-state index contributed by atoms with van der Waals surface area (Å²) in [7, 11) is -1.94.